The summed E-state index contributed by atoms with van der Waals surface area (Å²) in [5.41, 5.74) is 1.40. The van der Waals surface area contributed by atoms with Crippen LogP contribution in [0.2, 0.25) is 0 Å². The molecule has 3 rings (SSSR count). The van der Waals surface area contributed by atoms with Crippen molar-refractivity contribution in [3.05, 3.63) is 64.2 Å². The van der Waals surface area contributed by atoms with Crippen LogP contribution in [0, 0.1) is 12.7 Å². The number of rotatable bonds is 6. The van der Waals surface area contributed by atoms with E-state index in [4.69, 9.17) is 0 Å². The molecule has 0 saturated carbocycles. The zero-order chi connectivity index (χ0) is 20.3. The molecule has 1 heterocycles. The third kappa shape index (κ3) is 4.25. The minimum absolute atomic E-state index is 0.0224. The van der Waals surface area contributed by atoms with Crippen molar-refractivity contribution in [3.63, 3.8) is 0 Å². The number of carbonyl (C=O) groups excluding carboxylic acids is 1. The van der Waals surface area contributed by atoms with Crippen molar-refractivity contribution >= 4 is 34.3 Å². The summed E-state index contributed by atoms with van der Waals surface area (Å²) < 4.78 is 15.6. The lowest BCUT2D eigenvalue weighted by atomic mass is 10.2. The quantitative estimate of drug-likeness (QED) is 0.488. The predicted octanol–water partition coefficient (Wildman–Crippen LogP) is 4.55. The Morgan fingerprint density at radius 2 is 2.04 bits per heavy atom. The number of hydrogen-bond acceptors (Lipinski definition) is 4. The number of nitrogens with one attached hydrogen (secondary N) is 1. The van der Waals surface area contributed by atoms with Crippen LogP contribution in [0.4, 0.5) is 10.1 Å². The number of halogens is 1. The first kappa shape index (κ1) is 20.1. The van der Waals surface area contributed by atoms with Gasteiger partial charge in [0.2, 0.25) is 5.91 Å². The van der Waals surface area contributed by atoms with Crippen LogP contribution < -0.4 is 10.9 Å². The lowest BCUT2D eigenvalue weighted by Gasteiger charge is -2.18. The molecule has 1 N–H and O–H groups in total. The number of carbonyl (C=O) groups is 1. The number of hydrogen-bond donors (Lipinski definition) is 1. The number of para-hydroxylation sites is 1. The number of nitrogens with zero attached hydrogens (tertiary/aromatic N) is 2. The SMILES string of the molecule is CCC(C)n1c(SCC(=O)Nc2ccc(C)cc2F)nc2ccccc2c1=O. The van der Waals surface area contributed by atoms with Crippen LogP contribution in [0.1, 0.15) is 31.9 Å². The molecule has 1 amide bonds. The van der Waals surface area contributed by atoms with Crippen molar-refractivity contribution < 1.29 is 9.18 Å². The molecule has 146 valence electrons. The minimum atomic E-state index is -0.473. The lowest BCUT2D eigenvalue weighted by molar-refractivity contribution is -0.113. The number of aryl methyl sites for hydroxylation is 1. The molecule has 0 fully saturated rings. The highest BCUT2D eigenvalue weighted by molar-refractivity contribution is 7.99. The fraction of sp³-hybridized carbons (Fsp3) is 0.286. The van der Waals surface area contributed by atoms with Crippen molar-refractivity contribution in [2.75, 3.05) is 11.1 Å². The van der Waals surface area contributed by atoms with E-state index in [1.54, 1.807) is 29.7 Å². The van der Waals surface area contributed by atoms with E-state index in [9.17, 15) is 14.0 Å². The number of aromatic nitrogens is 2. The Bertz CT molecular complexity index is 1080. The number of benzene rings is 2. The van der Waals surface area contributed by atoms with Crippen LogP contribution in [0.3, 0.4) is 0 Å². The van der Waals surface area contributed by atoms with Crippen molar-refractivity contribution in [2.24, 2.45) is 0 Å². The Morgan fingerprint density at radius 3 is 2.75 bits per heavy atom. The molecule has 0 saturated heterocycles. The van der Waals surface area contributed by atoms with Crippen molar-refractivity contribution in [1.82, 2.24) is 9.55 Å². The van der Waals surface area contributed by atoms with Gasteiger partial charge in [-0.15, -0.1) is 0 Å². The van der Waals surface area contributed by atoms with Gasteiger partial charge in [0, 0.05) is 6.04 Å². The zero-order valence-electron chi connectivity index (χ0n) is 16.0. The van der Waals surface area contributed by atoms with Crippen molar-refractivity contribution in [3.8, 4) is 0 Å². The highest BCUT2D eigenvalue weighted by atomic mass is 32.2. The Kier molecular flexibility index (Phi) is 6.14. The number of thioether (sulfide) groups is 1. The molecular weight excluding hydrogens is 377 g/mol. The number of amides is 1. The van der Waals surface area contributed by atoms with Gasteiger partial charge in [-0.05, 0) is 50.1 Å². The van der Waals surface area contributed by atoms with Crippen LogP contribution in [0.5, 0.6) is 0 Å². The molecule has 2 aromatic carbocycles. The zero-order valence-corrected chi connectivity index (χ0v) is 16.8. The van der Waals surface area contributed by atoms with E-state index >= 15 is 0 Å². The first-order valence-electron chi connectivity index (χ1n) is 9.10. The molecule has 7 heteroatoms. The summed E-state index contributed by atoms with van der Waals surface area (Å²) in [6.07, 6.45) is 0.758. The summed E-state index contributed by atoms with van der Waals surface area (Å²) in [5.74, 6) is -0.807. The maximum Gasteiger partial charge on any atom is 0.262 e. The minimum Gasteiger partial charge on any atom is -0.323 e. The molecule has 28 heavy (non-hydrogen) atoms. The Balaban J connectivity index is 1.85. The van der Waals surface area contributed by atoms with Crippen LogP contribution >= 0.6 is 11.8 Å². The van der Waals surface area contributed by atoms with Gasteiger partial charge in [-0.3, -0.25) is 14.2 Å². The van der Waals surface area contributed by atoms with Crippen LogP contribution in [-0.2, 0) is 4.79 Å². The van der Waals surface area contributed by atoms with Gasteiger partial charge in [-0.1, -0.05) is 36.9 Å². The second kappa shape index (κ2) is 8.56. The summed E-state index contributed by atoms with van der Waals surface area (Å²) in [5, 5.41) is 3.61. The molecule has 5 nitrogen and oxygen atoms in total. The van der Waals surface area contributed by atoms with Crippen molar-refractivity contribution in [2.45, 2.75) is 38.4 Å². The van der Waals surface area contributed by atoms with E-state index in [0.29, 0.717) is 16.1 Å². The first-order chi connectivity index (χ1) is 13.4. The molecule has 1 unspecified atom stereocenters. The summed E-state index contributed by atoms with van der Waals surface area (Å²) in [4.78, 5) is 29.8. The standard InChI is InChI=1S/C21H22FN3O2S/c1-4-14(3)25-20(27)15-7-5-6-8-17(15)24-21(25)28-12-19(26)23-18-10-9-13(2)11-16(18)22/h5-11,14H,4,12H2,1-3H3,(H,23,26). The Hall–Kier alpha value is -2.67. The van der Waals surface area contributed by atoms with Gasteiger partial charge >= 0.3 is 0 Å². The first-order valence-corrected chi connectivity index (χ1v) is 10.1. The predicted molar refractivity (Wildman–Crippen MR) is 111 cm³/mol. The largest absolute Gasteiger partial charge is 0.323 e. The molecule has 0 aliphatic rings. The molecule has 1 atom stereocenters. The molecule has 3 aromatic rings. The van der Waals surface area contributed by atoms with Crippen LogP contribution in [0.15, 0.2) is 52.4 Å². The maximum atomic E-state index is 13.9. The topological polar surface area (TPSA) is 64.0 Å². The highest BCUT2D eigenvalue weighted by Crippen LogP contribution is 2.23. The van der Waals surface area contributed by atoms with E-state index in [2.05, 4.69) is 10.3 Å². The summed E-state index contributed by atoms with van der Waals surface area (Å²) in [7, 11) is 0. The monoisotopic (exact) mass is 399 g/mol. The van der Waals surface area contributed by atoms with Gasteiger partial charge < -0.3 is 5.32 Å². The number of anilines is 1. The fourth-order valence-electron chi connectivity index (χ4n) is 2.84. The average Bonchev–Trinajstić information content (AvgIpc) is 2.68. The second-order valence-corrected chi connectivity index (χ2v) is 7.61. The van der Waals surface area contributed by atoms with E-state index in [-0.39, 0.29) is 28.9 Å². The summed E-state index contributed by atoms with van der Waals surface area (Å²) >= 11 is 1.17. The molecule has 1 aromatic heterocycles. The van der Waals surface area contributed by atoms with E-state index in [0.717, 1.165) is 12.0 Å². The normalized spacial score (nSPS) is 12.1. The maximum absolute atomic E-state index is 13.9. The van der Waals surface area contributed by atoms with Gasteiger partial charge in [0.05, 0.1) is 22.3 Å². The van der Waals surface area contributed by atoms with Gasteiger partial charge in [0.15, 0.2) is 5.16 Å². The fourth-order valence-corrected chi connectivity index (χ4v) is 3.73. The molecular formula is C21H22FN3O2S. The highest BCUT2D eigenvalue weighted by Gasteiger charge is 2.17. The molecule has 0 aliphatic heterocycles. The molecule has 0 aliphatic carbocycles. The van der Waals surface area contributed by atoms with Gasteiger partial charge in [0.1, 0.15) is 5.82 Å². The van der Waals surface area contributed by atoms with E-state index in [1.807, 2.05) is 26.0 Å². The summed E-state index contributed by atoms with van der Waals surface area (Å²) in [6, 6.07) is 11.8. The lowest BCUT2D eigenvalue weighted by Crippen LogP contribution is -2.26. The number of fused-ring (bicyclic) bond motifs is 1. The molecule has 0 bridgehead atoms. The van der Waals surface area contributed by atoms with Gasteiger partial charge in [-0.2, -0.15) is 0 Å². The second-order valence-electron chi connectivity index (χ2n) is 6.66. The third-order valence-corrected chi connectivity index (χ3v) is 5.49. The van der Waals surface area contributed by atoms with Crippen LogP contribution in [-0.4, -0.2) is 21.2 Å². The van der Waals surface area contributed by atoms with E-state index in [1.165, 1.54) is 23.9 Å². The van der Waals surface area contributed by atoms with E-state index < -0.39 is 5.82 Å². The third-order valence-electron chi connectivity index (χ3n) is 4.54. The molecule has 0 radical (unpaired) electrons. The smallest absolute Gasteiger partial charge is 0.262 e. The van der Waals surface area contributed by atoms with Gasteiger partial charge in [0.25, 0.3) is 5.56 Å². The van der Waals surface area contributed by atoms with Crippen molar-refractivity contribution in [1.29, 1.82) is 0 Å². The Labute approximate surface area is 167 Å². The average molecular weight is 399 g/mol. The summed E-state index contributed by atoms with van der Waals surface area (Å²) in [6.45, 7) is 5.72. The molecule has 0 spiro atoms. The van der Waals surface area contributed by atoms with Gasteiger partial charge in [-0.25, -0.2) is 9.37 Å². The van der Waals surface area contributed by atoms with Crippen LogP contribution in [0.25, 0.3) is 10.9 Å². The Morgan fingerprint density at radius 1 is 1.29 bits per heavy atom.